The van der Waals surface area contributed by atoms with Gasteiger partial charge in [0.15, 0.2) is 0 Å². The van der Waals surface area contributed by atoms with Gasteiger partial charge in [0.05, 0.1) is 0 Å². The first kappa shape index (κ1) is 39.0. The molecule has 0 amide bonds. The van der Waals surface area contributed by atoms with Crippen LogP contribution in [0.2, 0.25) is 0 Å². The highest BCUT2D eigenvalue weighted by Crippen LogP contribution is 2.44. The minimum atomic E-state index is 0.165. The van der Waals surface area contributed by atoms with Crippen molar-refractivity contribution in [1.82, 2.24) is 0 Å². The van der Waals surface area contributed by atoms with Crippen LogP contribution in [0.25, 0.3) is 76.9 Å². The summed E-state index contributed by atoms with van der Waals surface area (Å²) in [6, 6.07) is 28.2. The number of allylic oxidation sites excluding steroid dienone is 1. The van der Waals surface area contributed by atoms with Crippen LogP contribution in [0.15, 0.2) is 102 Å². The average Bonchev–Trinajstić information content (AvgIpc) is 3.56. The van der Waals surface area contributed by atoms with Gasteiger partial charge in [-0.25, -0.2) is 0 Å². The van der Waals surface area contributed by atoms with Crippen LogP contribution >= 0.6 is 0 Å². The summed E-state index contributed by atoms with van der Waals surface area (Å²) in [5, 5.41) is 5.68. The maximum Gasteiger partial charge on any atom is 0.136 e. The molecule has 1 aromatic heterocycles. The maximum atomic E-state index is 6.62. The third-order valence-electron chi connectivity index (χ3n) is 9.63. The van der Waals surface area contributed by atoms with E-state index in [2.05, 4.69) is 30.8 Å². The van der Waals surface area contributed by atoms with Crippen molar-refractivity contribution in [2.24, 2.45) is 0 Å². The van der Waals surface area contributed by atoms with Crippen LogP contribution in [-0.4, -0.2) is 78.5 Å². The molecule has 7 aromatic carbocycles. The van der Waals surface area contributed by atoms with E-state index in [1.54, 1.807) is 6.08 Å². The minimum absolute atomic E-state index is 0.165. The molecule has 54 heavy (non-hydrogen) atoms. The van der Waals surface area contributed by atoms with Gasteiger partial charge < -0.3 is 4.42 Å². The summed E-state index contributed by atoms with van der Waals surface area (Å²) in [7, 11) is 63.1. The predicted octanol–water partition coefficient (Wildman–Crippen LogP) is 1.05. The van der Waals surface area contributed by atoms with Crippen LogP contribution in [0.3, 0.4) is 0 Å². The lowest BCUT2D eigenvalue weighted by Crippen LogP contribution is -2.55. The Labute approximate surface area is 331 Å². The first-order valence-corrected chi connectivity index (χ1v) is 17.4. The van der Waals surface area contributed by atoms with Crippen molar-refractivity contribution in [3.63, 3.8) is 0 Å². The molecule has 0 spiro atoms. The van der Waals surface area contributed by atoms with Crippen molar-refractivity contribution >= 4 is 177 Å². The molecule has 20 radical (unpaired) electrons. The van der Waals surface area contributed by atoms with Crippen molar-refractivity contribution < 1.29 is 4.42 Å². The molecular formula is C43H26B10O. The highest BCUT2D eigenvalue weighted by molar-refractivity contribution is 6.70. The molecule has 8 rings (SSSR count). The van der Waals surface area contributed by atoms with Crippen LogP contribution in [-0.2, 0) is 0 Å². The Bertz CT molecular complexity index is 2670. The summed E-state index contributed by atoms with van der Waals surface area (Å²) in [6.07, 6.45) is 1.75. The van der Waals surface area contributed by atoms with Crippen LogP contribution in [0.5, 0.6) is 0 Å². The first-order valence-electron chi connectivity index (χ1n) is 17.4. The van der Waals surface area contributed by atoms with Gasteiger partial charge in [-0.15, -0.1) is 39.4 Å². The molecule has 1 heterocycles. The van der Waals surface area contributed by atoms with Crippen molar-refractivity contribution in [2.45, 2.75) is 20.8 Å². The quantitative estimate of drug-likeness (QED) is 0.156. The largest absolute Gasteiger partial charge is 0.456 e. The van der Waals surface area contributed by atoms with Crippen LogP contribution < -0.4 is 54.6 Å². The smallest absolute Gasteiger partial charge is 0.136 e. The lowest BCUT2D eigenvalue weighted by molar-refractivity contribution is 0.669. The molecule has 0 bridgehead atoms. The second-order valence-electron chi connectivity index (χ2n) is 12.7. The molecule has 0 aliphatic heterocycles. The van der Waals surface area contributed by atoms with E-state index in [0.29, 0.717) is 27.9 Å². The SMILES string of the molecule is C=CC.CC.[B]c1c([B])c([B])c(-c2ccc3c(c2)oc2ccc(-c4c5ccccc5c(-c5c([B])c([B])c([B])c([B])c5[B])c5ccccc45)cc23)c([B])c1[B]. The Kier molecular flexibility index (Phi) is 11.2. The Hall–Kier alpha value is -4.75. The van der Waals surface area contributed by atoms with E-state index >= 15 is 0 Å². The van der Waals surface area contributed by atoms with E-state index in [1.165, 1.54) is 0 Å². The fourth-order valence-electron chi connectivity index (χ4n) is 7.08. The summed E-state index contributed by atoms with van der Waals surface area (Å²) < 4.78 is 6.35. The second kappa shape index (κ2) is 15.5. The molecule has 0 N–H and O–H groups in total. The fourth-order valence-corrected chi connectivity index (χ4v) is 7.08. The molecule has 0 aliphatic rings. The van der Waals surface area contributed by atoms with Gasteiger partial charge in [-0.1, -0.05) is 102 Å². The van der Waals surface area contributed by atoms with Crippen molar-refractivity contribution in [1.29, 1.82) is 0 Å². The highest BCUT2D eigenvalue weighted by atomic mass is 16.3. The van der Waals surface area contributed by atoms with Crippen LogP contribution in [0, 0.1) is 0 Å². The number of hydrogen-bond acceptors (Lipinski definition) is 1. The highest BCUT2D eigenvalue weighted by Gasteiger charge is 2.21. The summed E-state index contributed by atoms with van der Waals surface area (Å²) in [4.78, 5) is 0. The molecule has 1 nitrogen and oxygen atoms in total. The summed E-state index contributed by atoms with van der Waals surface area (Å²) in [5.41, 5.74) is 8.19. The van der Waals surface area contributed by atoms with Crippen molar-refractivity contribution in [3.8, 4) is 33.4 Å². The molecule has 0 aliphatic carbocycles. The van der Waals surface area contributed by atoms with E-state index in [-0.39, 0.29) is 54.6 Å². The molecular weight excluding hydrogens is 641 g/mol. The van der Waals surface area contributed by atoms with E-state index in [9.17, 15) is 0 Å². The lowest BCUT2D eigenvalue weighted by Gasteiger charge is -2.25. The van der Waals surface area contributed by atoms with E-state index in [4.69, 9.17) is 82.9 Å². The number of benzene rings is 7. The normalized spacial score (nSPS) is 10.9. The van der Waals surface area contributed by atoms with Gasteiger partial charge >= 0.3 is 0 Å². The Balaban J connectivity index is 0.000000949. The van der Waals surface area contributed by atoms with Crippen LogP contribution in [0.4, 0.5) is 0 Å². The van der Waals surface area contributed by atoms with Gasteiger partial charge in [0.1, 0.15) is 89.6 Å². The van der Waals surface area contributed by atoms with Gasteiger partial charge in [-0.05, 0) is 86.1 Å². The van der Waals surface area contributed by atoms with Gasteiger partial charge in [0, 0.05) is 10.8 Å². The molecule has 0 atom stereocenters. The maximum absolute atomic E-state index is 6.62. The molecule has 234 valence electrons. The Morgan fingerprint density at radius 2 is 0.759 bits per heavy atom. The summed E-state index contributed by atoms with van der Waals surface area (Å²) in [5.74, 6) is 0. The average molecular weight is 667 g/mol. The van der Waals surface area contributed by atoms with Crippen LogP contribution in [0.1, 0.15) is 20.8 Å². The minimum Gasteiger partial charge on any atom is -0.456 e. The number of fused-ring (bicyclic) bond motifs is 5. The molecule has 11 heteroatoms. The molecule has 0 saturated heterocycles. The molecule has 0 saturated carbocycles. The monoisotopic (exact) mass is 668 g/mol. The zero-order chi connectivity index (χ0) is 39.2. The van der Waals surface area contributed by atoms with E-state index < -0.39 is 0 Å². The zero-order valence-electron chi connectivity index (χ0n) is 30.5. The molecule has 0 unspecified atom stereocenters. The van der Waals surface area contributed by atoms with Gasteiger partial charge in [-0.2, -0.15) is 0 Å². The van der Waals surface area contributed by atoms with Crippen molar-refractivity contribution in [3.05, 3.63) is 97.6 Å². The van der Waals surface area contributed by atoms with E-state index in [0.717, 1.165) is 49.0 Å². The topological polar surface area (TPSA) is 13.1 Å². The molecule has 0 fully saturated rings. The fraction of sp³-hybridized carbons (Fsp3) is 0.0698. The van der Waals surface area contributed by atoms with E-state index in [1.807, 2.05) is 81.4 Å². The summed E-state index contributed by atoms with van der Waals surface area (Å²) in [6.45, 7) is 9.25. The number of hydrogen-bond donors (Lipinski definition) is 0. The Morgan fingerprint density at radius 3 is 1.22 bits per heavy atom. The standard InChI is InChI=1S/C38H14B10O.C3H6.C2H6/c39-29-26(30(40)34(44)37(47)33(29)43)16-9-11-17-22-13-15(10-12-23(22)49-24(17)14-16)25-18-5-1-3-7-20(18)27(21-8-4-2-6-19(21)25)28-31(41)35(45)38(48)36(46)32(28)42;1-3-2;1-2/h1-14H;3H,1H2,2H3;1-2H3. The third kappa shape index (κ3) is 6.24. The first-order chi connectivity index (χ1) is 25.9. The van der Waals surface area contributed by atoms with Gasteiger partial charge in [-0.3, -0.25) is 0 Å². The number of furan rings is 1. The zero-order valence-corrected chi connectivity index (χ0v) is 30.5. The number of rotatable bonds is 3. The molecule has 8 aromatic rings. The predicted molar refractivity (Wildman–Crippen MR) is 246 cm³/mol. The van der Waals surface area contributed by atoms with Crippen molar-refractivity contribution in [2.75, 3.05) is 0 Å². The van der Waals surface area contributed by atoms with Gasteiger partial charge in [0.2, 0.25) is 0 Å². The summed E-state index contributed by atoms with van der Waals surface area (Å²) >= 11 is 0. The third-order valence-corrected chi connectivity index (χ3v) is 9.63. The lowest BCUT2D eigenvalue weighted by atomic mass is 9.59. The van der Waals surface area contributed by atoms with Gasteiger partial charge in [0.25, 0.3) is 0 Å². The second-order valence-corrected chi connectivity index (χ2v) is 12.7. The Morgan fingerprint density at radius 1 is 0.389 bits per heavy atom.